The number of benzene rings is 1. The van der Waals surface area contributed by atoms with Crippen LogP contribution in [0, 0.1) is 11.7 Å². The molecule has 4 nitrogen and oxygen atoms in total. The largest absolute Gasteiger partial charge is 0.321 e. The van der Waals surface area contributed by atoms with Crippen LogP contribution in [0.2, 0.25) is 0 Å². The molecular formula is C16H21FN4. The smallest absolute Gasteiger partial charge is 0.138 e. The monoisotopic (exact) mass is 288 g/mol. The van der Waals surface area contributed by atoms with Crippen molar-refractivity contribution in [3.63, 3.8) is 0 Å². The Bertz CT molecular complexity index is 649. The van der Waals surface area contributed by atoms with Crippen molar-refractivity contribution in [2.45, 2.75) is 45.2 Å². The summed E-state index contributed by atoms with van der Waals surface area (Å²) in [4.78, 5) is 4.37. The van der Waals surface area contributed by atoms with Gasteiger partial charge in [-0.1, -0.05) is 19.9 Å². The number of aromatic nitrogens is 3. The molecule has 5 heteroatoms. The Labute approximate surface area is 124 Å². The molecule has 2 aromatic rings. The molecule has 2 N–H and O–H groups in total. The van der Waals surface area contributed by atoms with Crippen molar-refractivity contribution in [1.82, 2.24) is 14.8 Å². The second kappa shape index (κ2) is 5.22. The summed E-state index contributed by atoms with van der Waals surface area (Å²) in [6.45, 7) is 5.14. The minimum Gasteiger partial charge on any atom is -0.321 e. The summed E-state index contributed by atoms with van der Waals surface area (Å²) in [6.07, 6.45) is 3.86. The van der Waals surface area contributed by atoms with Crippen LogP contribution in [-0.2, 0) is 24.9 Å². The van der Waals surface area contributed by atoms with E-state index in [-0.39, 0.29) is 5.82 Å². The second-order valence-electron chi connectivity index (χ2n) is 6.39. The second-order valence-corrected chi connectivity index (χ2v) is 6.39. The van der Waals surface area contributed by atoms with E-state index in [1.54, 1.807) is 12.4 Å². The Morgan fingerprint density at radius 3 is 3.00 bits per heavy atom. The molecule has 21 heavy (non-hydrogen) atoms. The van der Waals surface area contributed by atoms with Crippen molar-refractivity contribution < 1.29 is 4.39 Å². The molecule has 0 radical (unpaired) electrons. The average Bonchev–Trinajstić information content (AvgIpc) is 2.95. The maximum absolute atomic E-state index is 13.3. The van der Waals surface area contributed by atoms with E-state index < -0.39 is 5.54 Å². The lowest BCUT2D eigenvalue weighted by molar-refractivity contribution is 0.397. The third-order valence-corrected chi connectivity index (χ3v) is 4.15. The van der Waals surface area contributed by atoms with Crippen molar-refractivity contribution in [2.24, 2.45) is 11.7 Å². The van der Waals surface area contributed by atoms with E-state index in [4.69, 9.17) is 5.73 Å². The van der Waals surface area contributed by atoms with Gasteiger partial charge in [-0.25, -0.2) is 14.1 Å². The van der Waals surface area contributed by atoms with Crippen molar-refractivity contribution in [1.29, 1.82) is 0 Å². The van der Waals surface area contributed by atoms with Gasteiger partial charge < -0.3 is 5.73 Å². The maximum atomic E-state index is 13.3. The Morgan fingerprint density at radius 2 is 2.24 bits per heavy atom. The number of halogens is 1. The van der Waals surface area contributed by atoms with Gasteiger partial charge in [0.25, 0.3) is 0 Å². The summed E-state index contributed by atoms with van der Waals surface area (Å²) in [7, 11) is 0. The van der Waals surface area contributed by atoms with Crippen LogP contribution in [-0.4, -0.2) is 14.8 Å². The first kappa shape index (κ1) is 14.2. The quantitative estimate of drug-likeness (QED) is 0.940. The van der Waals surface area contributed by atoms with Crippen LogP contribution in [0.4, 0.5) is 4.39 Å². The fraction of sp³-hybridized carbons (Fsp3) is 0.500. The number of hydrogen-bond donors (Lipinski definition) is 1. The summed E-state index contributed by atoms with van der Waals surface area (Å²) in [5.74, 6) is 1.22. The number of aryl methyl sites for hydroxylation is 1. The minimum atomic E-state index is -0.467. The molecule has 0 saturated heterocycles. The van der Waals surface area contributed by atoms with Crippen LogP contribution >= 0.6 is 0 Å². The fourth-order valence-electron chi connectivity index (χ4n) is 3.14. The molecule has 1 aliphatic rings. The van der Waals surface area contributed by atoms with Gasteiger partial charge in [-0.05, 0) is 42.0 Å². The Morgan fingerprint density at radius 1 is 1.43 bits per heavy atom. The summed E-state index contributed by atoms with van der Waals surface area (Å²) in [5, 5.41) is 4.29. The number of fused-ring (bicyclic) bond motifs is 1. The van der Waals surface area contributed by atoms with Crippen molar-refractivity contribution in [3.05, 3.63) is 47.3 Å². The van der Waals surface area contributed by atoms with E-state index in [9.17, 15) is 4.39 Å². The van der Waals surface area contributed by atoms with E-state index in [1.165, 1.54) is 6.07 Å². The van der Waals surface area contributed by atoms with Crippen molar-refractivity contribution >= 4 is 0 Å². The Kier molecular flexibility index (Phi) is 3.53. The van der Waals surface area contributed by atoms with Crippen LogP contribution in [0.5, 0.6) is 0 Å². The lowest BCUT2D eigenvalue weighted by Gasteiger charge is -2.25. The number of hydrogen-bond acceptors (Lipinski definition) is 3. The Balaban J connectivity index is 1.88. The van der Waals surface area contributed by atoms with Crippen LogP contribution in [0.1, 0.15) is 37.2 Å². The molecule has 0 bridgehead atoms. The highest BCUT2D eigenvalue weighted by Gasteiger charge is 2.36. The van der Waals surface area contributed by atoms with Gasteiger partial charge in [0.1, 0.15) is 18.0 Å². The molecule has 0 fully saturated rings. The third kappa shape index (κ3) is 2.70. The van der Waals surface area contributed by atoms with E-state index in [2.05, 4.69) is 23.9 Å². The lowest BCUT2D eigenvalue weighted by atomic mass is 9.89. The zero-order chi connectivity index (χ0) is 15.0. The molecule has 0 amide bonds. The van der Waals surface area contributed by atoms with Gasteiger partial charge in [-0.15, -0.1) is 0 Å². The summed E-state index contributed by atoms with van der Waals surface area (Å²) in [5.41, 5.74) is 8.21. The van der Waals surface area contributed by atoms with Gasteiger partial charge in [0.15, 0.2) is 0 Å². The molecule has 0 saturated carbocycles. The first-order valence-corrected chi connectivity index (χ1v) is 7.42. The molecular weight excluding hydrogens is 267 g/mol. The summed E-state index contributed by atoms with van der Waals surface area (Å²) < 4.78 is 15.3. The molecule has 3 rings (SSSR count). The van der Waals surface area contributed by atoms with Crippen LogP contribution in [0.3, 0.4) is 0 Å². The normalized spacial score (nSPS) is 21.0. The molecule has 1 unspecified atom stereocenters. The topological polar surface area (TPSA) is 56.7 Å². The average molecular weight is 288 g/mol. The third-order valence-electron chi connectivity index (χ3n) is 4.15. The highest BCUT2D eigenvalue weighted by atomic mass is 19.1. The van der Waals surface area contributed by atoms with E-state index in [1.807, 2.05) is 10.7 Å². The molecule has 1 atom stereocenters. The first-order chi connectivity index (χ1) is 9.98. The van der Waals surface area contributed by atoms with E-state index in [0.717, 1.165) is 36.3 Å². The van der Waals surface area contributed by atoms with Crippen LogP contribution in [0.25, 0.3) is 0 Å². The standard InChI is InChI=1S/C16H21FN4/c1-11(2)9-21-15(19-10-20-21)8-16(18)6-5-12-7-13(17)3-4-14(12)16/h3-4,7,10-11H,5-6,8-9,18H2,1-2H3. The molecule has 1 aromatic heterocycles. The molecule has 1 heterocycles. The molecule has 0 spiro atoms. The van der Waals surface area contributed by atoms with Gasteiger partial charge in [-0.3, -0.25) is 0 Å². The van der Waals surface area contributed by atoms with Gasteiger partial charge in [0.05, 0.1) is 0 Å². The fourth-order valence-corrected chi connectivity index (χ4v) is 3.14. The van der Waals surface area contributed by atoms with E-state index in [0.29, 0.717) is 12.3 Å². The zero-order valence-electron chi connectivity index (χ0n) is 12.5. The van der Waals surface area contributed by atoms with Gasteiger partial charge in [0.2, 0.25) is 0 Å². The molecule has 112 valence electrons. The van der Waals surface area contributed by atoms with Crippen LogP contribution < -0.4 is 5.73 Å². The molecule has 1 aromatic carbocycles. The highest BCUT2D eigenvalue weighted by Crippen LogP contribution is 2.37. The Hall–Kier alpha value is -1.75. The minimum absolute atomic E-state index is 0.194. The van der Waals surface area contributed by atoms with Crippen molar-refractivity contribution in [3.8, 4) is 0 Å². The maximum Gasteiger partial charge on any atom is 0.138 e. The summed E-state index contributed by atoms with van der Waals surface area (Å²) >= 11 is 0. The van der Waals surface area contributed by atoms with Crippen LogP contribution in [0.15, 0.2) is 24.5 Å². The molecule has 0 aliphatic heterocycles. The zero-order valence-corrected chi connectivity index (χ0v) is 12.5. The predicted molar refractivity (Wildman–Crippen MR) is 79.2 cm³/mol. The first-order valence-electron chi connectivity index (χ1n) is 7.42. The summed E-state index contributed by atoms with van der Waals surface area (Å²) in [6, 6.07) is 4.91. The molecule has 1 aliphatic carbocycles. The number of rotatable bonds is 4. The predicted octanol–water partition coefficient (Wildman–Crippen LogP) is 2.42. The highest BCUT2D eigenvalue weighted by molar-refractivity contribution is 5.39. The number of nitrogens with zero attached hydrogens (tertiary/aromatic N) is 3. The van der Waals surface area contributed by atoms with Gasteiger partial charge in [-0.2, -0.15) is 5.10 Å². The lowest BCUT2D eigenvalue weighted by Crippen LogP contribution is -2.37. The van der Waals surface area contributed by atoms with E-state index >= 15 is 0 Å². The van der Waals surface area contributed by atoms with Crippen molar-refractivity contribution in [2.75, 3.05) is 0 Å². The van der Waals surface area contributed by atoms with Gasteiger partial charge >= 0.3 is 0 Å². The number of nitrogens with two attached hydrogens (primary N) is 1. The van der Waals surface area contributed by atoms with Gasteiger partial charge in [0, 0.05) is 18.5 Å². The SMILES string of the molecule is CC(C)Cn1ncnc1CC1(N)CCc2cc(F)ccc21.